The molecule has 0 saturated heterocycles. The lowest BCUT2D eigenvalue weighted by Crippen LogP contribution is -2.39. The Morgan fingerprint density at radius 2 is 0.988 bits per heavy atom. The first kappa shape index (κ1) is 87.4. The number of nitrogens with zero attached hydrogens (tertiary/aromatic N) is 2. The number of ketones is 1. The molecule has 0 spiro atoms. The fourth-order valence-electron chi connectivity index (χ4n) is 4.24. The lowest BCUT2D eigenvalue weighted by molar-refractivity contribution is -0.153. The van der Waals surface area contributed by atoms with E-state index in [0.29, 0.717) is 17.6 Å². The van der Waals surface area contributed by atoms with E-state index >= 15 is 0 Å². The van der Waals surface area contributed by atoms with Gasteiger partial charge in [-0.25, -0.2) is 15.2 Å². The average molecular weight is 1220 g/mol. The summed E-state index contributed by atoms with van der Waals surface area (Å²) in [6.45, 7) is 67.2. The van der Waals surface area contributed by atoms with E-state index in [1.165, 1.54) is 31.9 Å². The summed E-state index contributed by atoms with van der Waals surface area (Å²) in [6, 6.07) is 0. The molecule has 0 radical (unpaired) electrons. The highest BCUT2D eigenvalue weighted by atomic mass is 33.1. The zero-order valence-corrected chi connectivity index (χ0v) is 61.2. The van der Waals surface area contributed by atoms with Gasteiger partial charge in [-0.2, -0.15) is 5.10 Å². The molecule has 2 amide bonds. The molecule has 0 aliphatic heterocycles. The van der Waals surface area contributed by atoms with E-state index in [-0.39, 0.29) is 51.5 Å². The number of unbranched alkanes of at least 4 members (excludes halogenated alkanes) is 1. The number of carbonyl (C=O) groups is 3. The highest BCUT2D eigenvalue weighted by molar-refractivity contribution is 8.76. The van der Waals surface area contributed by atoms with E-state index in [9.17, 15) is 23.5 Å². The summed E-state index contributed by atoms with van der Waals surface area (Å²) in [5, 5.41) is 8.16. The van der Waals surface area contributed by atoms with Crippen LogP contribution in [-0.2, 0) is 56.0 Å². The summed E-state index contributed by atoms with van der Waals surface area (Å²) >= 11 is 0. The molecule has 0 fully saturated rings. The second-order valence-electron chi connectivity index (χ2n) is 30.7. The zero-order chi connectivity index (χ0) is 64.9. The minimum absolute atomic E-state index is 0.00512. The van der Waals surface area contributed by atoms with E-state index in [1.54, 1.807) is 20.8 Å². The van der Waals surface area contributed by atoms with Crippen LogP contribution >= 0.6 is 36.8 Å². The monoisotopic (exact) mass is 1220 g/mol. The lowest BCUT2D eigenvalue weighted by atomic mass is 9.91. The van der Waals surface area contributed by atoms with E-state index < -0.39 is 31.8 Å². The highest BCUT2D eigenvalue weighted by Gasteiger charge is 2.34. The number of hydrogen-bond donors (Lipinski definition) is 2. The molecule has 0 aliphatic carbocycles. The standard InChI is InChI=1S/C19H38O2S2.C11H22N2O.C11H26O6P2.C10H21NO.C9H19NO2/c1-18(2,3)12-9-14-22-23-15-11-17(20)10-7-8-13-21-16-19(4,5)6;1-8(10(2,3)4)12-13-9(14)11(5,6)7;1-10(2,3)14-9-15-18(7,12)17-19(8,13)16-11(4,5)6;1-8(9(2,3)4)11-12-10(5,6)7;1-8(2,3)7(11)10-12-9(4,5)6/h7-16H2,1-6H3;1-7H3,(H,13,14);9H2,1-8H3;1-7H3;1-6H3,(H,10,11)/b;12-8+;;11-8+;. The van der Waals surface area contributed by atoms with E-state index in [4.69, 9.17) is 32.5 Å². The minimum Gasteiger partial charge on any atom is -0.390 e. The number of ether oxygens (including phenoxy) is 2. The van der Waals surface area contributed by atoms with Crippen LogP contribution < -0.4 is 10.9 Å². The van der Waals surface area contributed by atoms with Gasteiger partial charge in [-0.15, -0.1) is 0 Å². The molecular weight excluding hydrogens is 1090 g/mol. The normalized spacial score (nSPS) is 14.9. The Bertz CT molecular complexity index is 1890. The number of carbonyl (C=O) groups excluding carboxylic acids is 3. The van der Waals surface area contributed by atoms with Gasteiger partial charge in [-0.3, -0.25) is 32.9 Å². The third kappa shape index (κ3) is 67.5. The van der Waals surface area contributed by atoms with Gasteiger partial charge in [-0.1, -0.05) is 151 Å². The van der Waals surface area contributed by atoms with Gasteiger partial charge >= 0.3 is 15.2 Å². The number of hydroxylamine groups is 1. The molecule has 2 unspecified atom stereocenters. The molecule has 0 aromatic heterocycles. The Hall–Kier alpha value is -1.33. The molecule has 0 saturated carbocycles. The summed E-state index contributed by atoms with van der Waals surface area (Å²) in [5.74, 6) is 2.41. The van der Waals surface area contributed by atoms with Gasteiger partial charge < -0.3 is 18.8 Å². The zero-order valence-electron chi connectivity index (χ0n) is 57.8. The van der Waals surface area contributed by atoms with Crippen LogP contribution in [0.5, 0.6) is 0 Å². The highest BCUT2D eigenvalue weighted by Crippen LogP contribution is 2.62. The van der Waals surface area contributed by atoms with Crippen LogP contribution in [-0.4, -0.2) is 96.3 Å². The summed E-state index contributed by atoms with van der Waals surface area (Å²) in [4.78, 5) is 45.0. The Morgan fingerprint density at radius 3 is 1.38 bits per heavy atom. The van der Waals surface area contributed by atoms with Crippen molar-refractivity contribution in [2.45, 2.75) is 282 Å². The second kappa shape index (κ2) is 38.0. The van der Waals surface area contributed by atoms with Gasteiger partial charge in [0.05, 0.1) is 29.1 Å². The van der Waals surface area contributed by atoms with Crippen molar-refractivity contribution in [2.75, 3.05) is 44.8 Å². The molecule has 2 N–H and O–H groups in total. The van der Waals surface area contributed by atoms with E-state index in [2.05, 4.69) is 104 Å². The van der Waals surface area contributed by atoms with Crippen molar-refractivity contribution in [1.29, 1.82) is 0 Å². The maximum absolute atomic E-state index is 12.1. The molecule has 80 heavy (non-hydrogen) atoms. The Balaban J connectivity index is -0.000000300. The number of hydrazone groups is 1. The van der Waals surface area contributed by atoms with Crippen LogP contribution in [0.1, 0.15) is 260 Å². The Labute approximate surface area is 500 Å². The van der Waals surface area contributed by atoms with E-state index in [0.717, 1.165) is 49.7 Å². The minimum atomic E-state index is -3.50. The third-order valence-electron chi connectivity index (χ3n) is 9.51. The Morgan fingerprint density at radius 1 is 0.512 bits per heavy atom. The third-order valence-corrected chi connectivity index (χ3v) is 15.8. The molecule has 2 atom stereocenters. The van der Waals surface area contributed by atoms with Crippen molar-refractivity contribution in [2.24, 2.45) is 42.7 Å². The fraction of sp³-hybridized carbons (Fsp3) is 0.917. The molecule has 0 bridgehead atoms. The van der Waals surface area contributed by atoms with Crippen LogP contribution in [0, 0.1) is 32.5 Å². The largest absolute Gasteiger partial charge is 0.390 e. The summed E-state index contributed by atoms with van der Waals surface area (Å²) < 4.78 is 50.3. The van der Waals surface area contributed by atoms with Crippen LogP contribution in [0.3, 0.4) is 0 Å². The predicted octanol–water partition coefficient (Wildman–Crippen LogP) is 18.3. The summed E-state index contributed by atoms with van der Waals surface area (Å²) in [5.41, 5.74) is 5.35. The maximum Gasteiger partial charge on any atom is 0.336 e. The summed E-state index contributed by atoms with van der Waals surface area (Å²) in [6.07, 6.45) is 5.94. The van der Waals surface area contributed by atoms with Crippen LogP contribution in [0.2, 0.25) is 0 Å². The maximum atomic E-state index is 12.1. The van der Waals surface area contributed by atoms with Gasteiger partial charge in [-0.05, 0) is 133 Å². The van der Waals surface area contributed by atoms with Crippen molar-refractivity contribution in [3.63, 3.8) is 0 Å². The van der Waals surface area contributed by atoms with Crippen LogP contribution in [0.4, 0.5) is 0 Å². The van der Waals surface area contributed by atoms with Gasteiger partial charge in [0.2, 0.25) is 11.8 Å². The summed E-state index contributed by atoms with van der Waals surface area (Å²) in [7, 11) is -3.19. The van der Waals surface area contributed by atoms with Crippen LogP contribution in [0.15, 0.2) is 10.3 Å². The molecule has 0 rings (SSSR count). The molecule has 20 heteroatoms. The molecule has 480 valence electrons. The van der Waals surface area contributed by atoms with Crippen molar-refractivity contribution in [3.8, 4) is 0 Å². The predicted molar refractivity (Wildman–Crippen MR) is 345 cm³/mol. The van der Waals surface area contributed by atoms with Gasteiger partial charge in [0.1, 0.15) is 11.4 Å². The number of amides is 2. The SMILES string of the molecule is C/C(=N\NC(=O)C(C)(C)C)C(C)(C)C.C/C(=N\OC(C)(C)C)C(C)(C)C.CC(C)(C)CCCSSCCC(=O)CCCCOCC(C)(C)C.CC(C)(C)OCOP(C)(=O)OP(C)(=O)OC(C)(C)C.CC(C)(C)ONC(=O)C(C)(C)C. The number of hydrogen-bond acceptors (Lipinski definition) is 16. The average Bonchev–Trinajstić information content (AvgIpc) is 3.18. The molecular formula is C60H126N4O12P2S2. The van der Waals surface area contributed by atoms with Gasteiger partial charge in [0.15, 0.2) is 6.79 Å². The number of oxime groups is 1. The Kier molecular flexibility index (Phi) is 41.5. The van der Waals surface area contributed by atoms with E-state index in [1.807, 2.05) is 139 Å². The smallest absolute Gasteiger partial charge is 0.336 e. The second-order valence-corrected chi connectivity index (χ2v) is 37.5. The fourth-order valence-corrected chi connectivity index (χ4v) is 10.1. The van der Waals surface area contributed by atoms with Crippen molar-refractivity contribution < 1.29 is 56.0 Å². The number of Topliss-reactive ketones (excluding diaryl/α,β-unsaturated/α-hetero) is 1. The molecule has 0 aromatic rings. The first-order chi connectivity index (χ1) is 35.0. The topological polar surface area (TPSA) is 199 Å². The van der Waals surface area contributed by atoms with Crippen molar-refractivity contribution in [3.05, 3.63) is 0 Å². The molecule has 0 aromatic carbocycles. The molecule has 16 nitrogen and oxygen atoms in total. The van der Waals surface area contributed by atoms with Crippen molar-refractivity contribution >= 4 is 65.8 Å². The van der Waals surface area contributed by atoms with Crippen molar-refractivity contribution in [1.82, 2.24) is 10.9 Å². The van der Waals surface area contributed by atoms with Gasteiger partial charge in [0.25, 0.3) is 0 Å². The quantitative estimate of drug-likeness (QED) is 0.0259. The molecule has 0 heterocycles. The number of nitrogens with one attached hydrogen (secondary N) is 2. The van der Waals surface area contributed by atoms with Gasteiger partial charge in [0, 0.05) is 71.7 Å². The first-order valence-electron chi connectivity index (χ1n) is 28.3. The van der Waals surface area contributed by atoms with Crippen LogP contribution in [0.25, 0.3) is 0 Å². The molecule has 0 aliphatic rings. The number of rotatable bonds is 22. The lowest BCUT2D eigenvalue weighted by Gasteiger charge is -2.27. The first-order valence-corrected chi connectivity index (χ1v) is 34.8.